The molecule has 0 aromatic carbocycles. The van der Waals surface area contributed by atoms with E-state index >= 15 is 0 Å². The molecule has 1 unspecified atom stereocenters. The first-order chi connectivity index (χ1) is 6.57. The summed E-state index contributed by atoms with van der Waals surface area (Å²) in [4.78, 5) is 0. The molecular weight excluding hydrogens is 198 g/mol. The summed E-state index contributed by atoms with van der Waals surface area (Å²) in [5.74, 6) is 0.418. The number of nitrogens with one attached hydrogen (secondary N) is 1. The number of hydrogen-bond donors (Lipinski definition) is 1. The monoisotopic (exact) mass is 221 g/mol. The minimum absolute atomic E-state index is 0.146. The SMILES string of the molecule is CCNC(C(C)C)[Si](OC)(OC)OC. The van der Waals surface area contributed by atoms with Gasteiger partial charge in [0.2, 0.25) is 0 Å². The summed E-state index contributed by atoms with van der Waals surface area (Å²) in [7, 11) is 2.39. The minimum atomic E-state index is -2.54. The van der Waals surface area contributed by atoms with Crippen molar-refractivity contribution in [1.29, 1.82) is 0 Å². The van der Waals surface area contributed by atoms with Crippen LogP contribution in [0, 0.1) is 5.92 Å². The maximum absolute atomic E-state index is 5.44. The molecule has 0 radical (unpaired) electrons. The molecule has 0 aliphatic heterocycles. The molecule has 0 saturated heterocycles. The predicted molar refractivity (Wildman–Crippen MR) is 59.1 cm³/mol. The summed E-state index contributed by atoms with van der Waals surface area (Å²) >= 11 is 0. The molecule has 0 aromatic heterocycles. The van der Waals surface area contributed by atoms with Crippen LogP contribution in [0.1, 0.15) is 20.8 Å². The van der Waals surface area contributed by atoms with E-state index in [9.17, 15) is 0 Å². The zero-order chi connectivity index (χ0) is 11.2. The summed E-state index contributed by atoms with van der Waals surface area (Å²) in [6, 6.07) is 0. The lowest BCUT2D eigenvalue weighted by molar-refractivity contribution is 0.0994. The van der Waals surface area contributed by atoms with E-state index in [0.29, 0.717) is 5.92 Å². The fourth-order valence-electron chi connectivity index (χ4n) is 1.62. The minimum Gasteiger partial charge on any atom is -0.376 e. The average Bonchev–Trinajstić information content (AvgIpc) is 2.19. The normalized spacial score (nSPS) is 14.8. The van der Waals surface area contributed by atoms with E-state index in [4.69, 9.17) is 13.3 Å². The Morgan fingerprint density at radius 2 is 1.50 bits per heavy atom. The Morgan fingerprint density at radius 1 is 1.07 bits per heavy atom. The standard InChI is InChI=1S/C9H23NO3Si/c1-7-10-9(8(2)3)14(11-4,12-5)13-6/h8-10H,7H2,1-6H3. The highest BCUT2D eigenvalue weighted by molar-refractivity contribution is 6.62. The van der Waals surface area contributed by atoms with Gasteiger partial charge in [-0.1, -0.05) is 20.8 Å². The molecule has 0 bridgehead atoms. The van der Waals surface area contributed by atoms with Crippen molar-refractivity contribution in [2.24, 2.45) is 5.92 Å². The van der Waals surface area contributed by atoms with Gasteiger partial charge >= 0.3 is 8.80 Å². The van der Waals surface area contributed by atoms with Crippen molar-refractivity contribution in [2.45, 2.75) is 26.4 Å². The molecule has 0 aromatic rings. The fourth-order valence-corrected chi connectivity index (χ4v) is 4.15. The fraction of sp³-hybridized carbons (Fsp3) is 1.00. The highest BCUT2D eigenvalue weighted by Crippen LogP contribution is 2.18. The Labute approximate surface area is 88.3 Å². The summed E-state index contributed by atoms with van der Waals surface area (Å²) in [5.41, 5.74) is 0.146. The van der Waals surface area contributed by atoms with E-state index < -0.39 is 8.80 Å². The average molecular weight is 221 g/mol. The van der Waals surface area contributed by atoms with Crippen molar-refractivity contribution < 1.29 is 13.3 Å². The van der Waals surface area contributed by atoms with Crippen LogP contribution < -0.4 is 5.32 Å². The van der Waals surface area contributed by atoms with Crippen molar-refractivity contribution in [1.82, 2.24) is 5.32 Å². The van der Waals surface area contributed by atoms with Gasteiger partial charge in [-0.3, -0.25) is 0 Å². The molecule has 0 rings (SSSR count). The van der Waals surface area contributed by atoms with Crippen molar-refractivity contribution in [3.05, 3.63) is 0 Å². The summed E-state index contributed by atoms with van der Waals surface area (Å²) in [6.07, 6.45) is 0. The van der Waals surface area contributed by atoms with E-state index in [2.05, 4.69) is 26.1 Å². The highest BCUT2D eigenvalue weighted by Gasteiger charge is 2.48. The van der Waals surface area contributed by atoms with Gasteiger partial charge in [-0.25, -0.2) is 0 Å². The molecule has 1 N–H and O–H groups in total. The van der Waals surface area contributed by atoms with Gasteiger partial charge in [0, 0.05) is 21.3 Å². The van der Waals surface area contributed by atoms with Crippen LogP contribution in [0.15, 0.2) is 0 Å². The number of rotatable bonds is 7. The maximum atomic E-state index is 5.44. The van der Waals surface area contributed by atoms with E-state index in [0.717, 1.165) is 6.54 Å². The van der Waals surface area contributed by atoms with Crippen molar-refractivity contribution >= 4 is 8.80 Å². The van der Waals surface area contributed by atoms with Crippen LogP contribution in [-0.2, 0) is 13.3 Å². The van der Waals surface area contributed by atoms with Crippen molar-refractivity contribution in [3.63, 3.8) is 0 Å². The van der Waals surface area contributed by atoms with Crippen LogP contribution in [0.2, 0.25) is 0 Å². The molecule has 0 fully saturated rings. The molecule has 5 heteroatoms. The molecule has 0 spiro atoms. The first-order valence-electron chi connectivity index (χ1n) is 4.96. The predicted octanol–water partition coefficient (Wildman–Crippen LogP) is 1.04. The van der Waals surface area contributed by atoms with Crippen LogP contribution in [0.3, 0.4) is 0 Å². The van der Waals surface area contributed by atoms with Crippen LogP contribution >= 0.6 is 0 Å². The van der Waals surface area contributed by atoms with Crippen LogP contribution in [-0.4, -0.2) is 42.3 Å². The van der Waals surface area contributed by atoms with E-state index in [1.807, 2.05) is 0 Å². The molecule has 4 nitrogen and oxygen atoms in total. The zero-order valence-corrected chi connectivity index (χ0v) is 11.1. The highest BCUT2D eigenvalue weighted by atomic mass is 28.4. The quantitative estimate of drug-likeness (QED) is 0.652. The maximum Gasteiger partial charge on any atom is 0.518 e. The second-order valence-electron chi connectivity index (χ2n) is 3.50. The van der Waals surface area contributed by atoms with Gasteiger partial charge in [0.15, 0.2) is 0 Å². The van der Waals surface area contributed by atoms with E-state index in [1.54, 1.807) is 21.3 Å². The molecule has 0 aliphatic rings. The lowest BCUT2D eigenvalue weighted by atomic mass is 10.2. The molecule has 14 heavy (non-hydrogen) atoms. The Kier molecular flexibility index (Phi) is 6.55. The Balaban J connectivity index is 4.70. The molecule has 86 valence electrons. The smallest absolute Gasteiger partial charge is 0.376 e. The van der Waals surface area contributed by atoms with Gasteiger partial charge in [0.1, 0.15) is 0 Å². The van der Waals surface area contributed by atoms with Crippen molar-refractivity contribution in [3.8, 4) is 0 Å². The van der Waals surface area contributed by atoms with Gasteiger partial charge in [-0.15, -0.1) is 0 Å². The topological polar surface area (TPSA) is 39.7 Å². The van der Waals surface area contributed by atoms with Gasteiger partial charge in [-0.2, -0.15) is 0 Å². The lowest BCUT2D eigenvalue weighted by Gasteiger charge is -2.35. The third-order valence-corrected chi connectivity index (χ3v) is 5.66. The van der Waals surface area contributed by atoms with Gasteiger partial charge in [0.05, 0.1) is 5.67 Å². The molecule has 0 aliphatic carbocycles. The third-order valence-electron chi connectivity index (χ3n) is 2.33. The van der Waals surface area contributed by atoms with Crippen molar-refractivity contribution in [2.75, 3.05) is 27.9 Å². The van der Waals surface area contributed by atoms with E-state index in [-0.39, 0.29) is 5.67 Å². The number of hydrogen-bond acceptors (Lipinski definition) is 4. The van der Waals surface area contributed by atoms with E-state index in [1.165, 1.54) is 0 Å². The Bertz CT molecular complexity index is 143. The van der Waals surface area contributed by atoms with Gasteiger partial charge in [-0.05, 0) is 12.5 Å². The molecule has 0 heterocycles. The van der Waals surface area contributed by atoms with Gasteiger partial charge < -0.3 is 18.6 Å². The summed E-state index contributed by atoms with van der Waals surface area (Å²) < 4.78 is 16.3. The first kappa shape index (κ1) is 14.1. The Morgan fingerprint density at radius 3 is 1.71 bits per heavy atom. The lowest BCUT2D eigenvalue weighted by Crippen LogP contribution is -2.62. The zero-order valence-electron chi connectivity index (χ0n) is 10.1. The van der Waals surface area contributed by atoms with Crippen LogP contribution in [0.4, 0.5) is 0 Å². The Hall–Kier alpha value is 0.0569. The summed E-state index contributed by atoms with van der Waals surface area (Å²) in [5, 5.41) is 3.36. The second kappa shape index (κ2) is 6.52. The van der Waals surface area contributed by atoms with Crippen LogP contribution in [0.25, 0.3) is 0 Å². The third kappa shape index (κ3) is 3.03. The molecule has 0 amide bonds. The molecular formula is C9H23NO3Si. The van der Waals surface area contributed by atoms with Crippen LogP contribution in [0.5, 0.6) is 0 Å². The molecule has 1 atom stereocenters. The largest absolute Gasteiger partial charge is 0.518 e. The van der Waals surface area contributed by atoms with Gasteiger partial charge in [0.25, 0.3) is 0 Å². The second-order valence-corrected chi connectivity index (χ2v) is 6.55. The first-order valence-corrected chi connectivity index (χ1v) is 6.77. The summed E-state index contributed by atoms with van der Waals surface area (Å²) in [6.45, 7) is 7.21. The molecule has 0 saturated carbocycles.